The van der Waals surface area contributed by atoms with Gasteiger partial charge in [0, 0.05) is 11.3 Å². The molecule has 1 saturated heterocycles. The Morgan fingerprint density at radius 3 is 2.50 bits per heavy atom. The van der Waals surface area contributed by atoms with Crippen molar-refractivity contribution in [2.45, 2.75) is 58.7 Å². The van der Waals surface area contributed by atoms with Gasteiger partial charge in [0.15, 0.2) is 0 Å². The minimum absolute atomic E-state index is 0.280. The molecule has 1 nitrogen and oxygen atoms in total. The molecule has 7 atom stereocenters. The summed E-state index contributed by atoms with van der Waals surface area (Å²) < 4.78 is 6.28. The lowest BCUT2D eigenvalue weighted by atomic mass is 9.66. The fraction of sp³-hybridized carbons (Fsp3) is 1.00. The third-order valence-electron chi connectivity index (χ3n) is 7.74. The standard InChI is InChI=1S/C15H22O/c1-12(2)6-9-13(3)8-5-15(9,7-12)11-10(8)16-14(11,13)4/h8-11H,5-7H2,1-4H3/t8-,9-,10-,11-,13+,14-,15+/m0/s1. The van der Waals surface area contributed by atoms with Crippen molar-refractivity contribution >= 4 is 0 Å². The Morgan fingerprint density at radius 1 is 1.06 bits per heavy atom. The lowest BCUT2D eigenvalue weighted by Crippen LogP contribution is -2.54. The van der Waals surface area contributed by atoms with E-state index in [-0.39, 0.29) is 5.60 Å². The summed E-state index contributed by atoms with van der Waals surface area (Å²) in [6.07, 6.45) is 5.11. The molecule has 0 radical (unpaired) electrons. The molecule has 1 aliphatic heterocycles. The zero-order chi connectivity index (χ0) is 11.1. The SMILES string of the molecule is CC1(C)C[C@@H]2[C@@]3(C[C@H]4[C@@H]5O[C@@](C)([C@H]53)[C@@]24C)C1. The highest BCUT2D eigenvalue weighted by molar-refractivity contribution is 5.41. The molecule has 0 aromatic rings. The average molecular weight is 218 g/mol. The quantitative estimate of drug-likeness (QED) is 0.606. The van der Waals surface area contributed by atoms with E-state index >= 15 is 0 Å². The van der Waals surface area contributed by atoms with Gasteiger partial charge in [0.2, 0.25) is 0 Å². The Hall–Kier alpha value is -0.0400. The van der Waals surface area contributed by atoms with Crippen molar-refractivity contribution in [3.8, 4) is 0 Å². The predicted molar refractivity (Wildman–Crippen MR) is 61.9 cm³/mol. The fourth-order valence-electron chi connectivity index (χ4n) is 7.69. The molecular formula is C15H22O. The first-order chi connectivity index (χ1) is 7.35. The van der Waals surface area contributed by atoms with E-state index < -0.39 is 0 Å². The van der Waals surface area contributed by atoms with Gasteiger partial charge < -0.3 is 4.74 Å². The molecule has 6 fully saturated rings. The lowest BCUT2D eigenvalue weighted by Gasteiger charge is -2.49. The molecular weight excluding hydrogens is 196 g/mol. The van der Waals surface area contributed by atoms with Gasteiger partial charge in [0.25, 0.3) is 0 Å². The van der Waals surface area contributed by atoms with E-state index in [1.54, 1.807) is 0 Å². The van der Waals surface area contributed by atoms with Gasteiger partial charge in [-0.15, -0.1) is 0 Å². The van der Waals surface area contributed by atoms with Crippen LogP contribution < -0.4 is 0 Å². The Bertz CT molecular complexity index is 427. The Morgan fingerprint density at radius 2 is 1.81 bits per heavy atom. The molecule has 16 heavy (non-hydrogen) atoms. The summed E-state index contributed by atoms with van der Waals surface area (Å²) in [5.74, 6) is 2.83. The molecule has 88 valence electrons. The van der Waals surface area contributed by atoms with Gasteiger partial charge >= 0.3 is 0 Å². The van der Waals surface area contributed by atoms with Gasteiger partial charge in [-0.3, -0.25) is 0 Å². The summed E-state index contributed by atoms with van der Waals surface area (Å²) in [6, 6.07) is 0. The van der Waals surface area contributed by atoms with Crippen LogP contribution in [-0.4, -0.2) is 11.7 Å². The van der Waals surface area contributed by atoms with Gasteiger partial charge in [-0.25, -0.2) is 0 Å². The summed E-state index contributed by atoms with van der Waals surface area (Å²) in [6.45, 7) is 9.98. The largest absolute Gasteiger partial charge is 0.370 e. The van der Waals surface area contributed by atoms with E-state index in [0.29, 0.717) is 22.3 Å². The topological polar surface area (TPSA) is 9.23 Å². The Balaban J connectivity index is 1.76. The number of hydrogen-bond donors (Lipinski definition) is 0. The number of ether oxygens (including phenoxy) is 1. The van der Waals surface area contributed by atoms with Crippen LogP contribution in [0, 0.1) is 34.0 Å². The molecule has 5 aliphatic carbocycles. The third kappa shape index (κ3) is 0.508. The van der Waals surface area contributed by atoms with Gasteiger partial charge in [-0.2, -0.15) is 0 Å². The van der Waals surface area contributed by atoms with Crippen molar-refractivity contribution in [2.24, 2.45) is 34.0 Å². The monoisotopic (exact) mass is 218 g/mol. The van der Waals surface area contributed by atoms with Crippen molar-refractivity contribution in [3.05, 3.63) is 0 Å². The summed E-state index contributed by atoms with van der Waals surface area (Å²) >= 11 is 0. The maximum Gasteiger partial charge on any atom is 0.0776 e. The first kappa shape index (κ1) is 8.97. The van der Waals surface area contributed by atoms with Crippen molar-refractivity contribution in [2.75, 3.05) is 0 Å². The van der Waals surface area contributed by atoms with Crippen LogP contribution >= 0.6 is 0 Å². The molecule has 0 aromatic heterocycles. The summed E-state index contributed by atoms with van der Waals surface area (Å²) in [5.41, 5.74) is 2.13. The first-order valence-electron chi connectivity index (χ1n) is 7.03. The highest BCUT2D eigenvalue weighted by Gasteiger charge is 2.94. The molecule has 1 heteroatoms. The molecule has 5 saturated carbocycles. The van der Waals surface area contributed by atoms with Crippen LogP contribution in [0.25, 0.3) is 0 Å². The fourth-order valence-corrected chi connectivity index (χ4v) is 7.69. The van der Waals surface area contributed by atoms with E-state index in [1.165, 1.54) is 19.3 Å². The summed E-state index contributed by atoms with van der Waals surface area (Å²) in [4.78, 5) is 0. The van der Waals surface area contributed by atoms with Crippen LogP contribution in [0.3, 0.4) is 0 Å². The van der Waals surface area contributed by atoms with Crippen LogP contribution in [0.2, 0.25) is 0 Å². The van der Waals surface area contributed by atoms with E-state index in [4.69, 9.17) is 4.74 Å². The summed E-state index contributed by atoms with van der Waals surface area (Å²) in [7, 11) is 0. The minimum Gasteiger partial charge on any atom is -0.370 e. The van der Waals surface area contributed by atoms with Crippen molar-refractivity contribution in [3.63, 3.8) is 0 Å². The predicted octanol–water partition coefficient (Wildman–Crippen LogP) is 3.24. The van der Waals surface area contributed by atoms with E-state index in [9.17, 15) is 0 Å². The highest BCUT2D eigenvalue weighted by atomic mass is 16.6. The van der Waals surface area contributed by atoms with Crippen molar-refractivity contribution in [1.29, 1.82) is 0 Å². The van der Waals surface area contributed by atoms with E-state index in [0.717, 1.165) is 17.8 Å². The molecule has 0 amide bonds. The highest BCUT2D eigenvalue weighted by Crippen LogP contribution is 2.92. The molecule has 0 N–H and O–H groups in total. The minimum atomic E-state index is 0.280. The van der Waals surface area contributed by atoms with Gasteiger partial charge in [-0.1, -0.05) is 20.8 Å². The lowest BCUT2D eigenvalue weighted by molar-refractivity contribution is -0.221. The first-order valence-corrected chi connectivity index (χ1v) is 7.03. The normalized spacial score (nSPS) is 75.8. The van der Waals surface area contributed by atoms with Crippen LogP contribution in [0.4, 0.5) is 0 Å². The second-order valence-corrected chi connectivity index (χ2v) is 8.59. The Labute approximate surface area is 97.9 Å². The smallest absolute Gasteiger partial charge is 0.0776 e. The van der Waals surface area contributed by atoms with E-state index in [2.05, 4.69) is 27.7 Å². The molecule has 0 aromatic carbocycles. The molecule has 6 aliphatic rings. The van der Waals surface area contributed by atoms with Crippen LogP contribution in [0.15, 0.2) is 0 Å². The second-order valence-electron chi connectivity index (χ2n) is 8.59. The van der Waals surface area contributed by atoms with Crippen LogP contribution in [-0.2, 0) is 4.74 Å². The molecule has 0 unspecified atom stereocenters. The third-order valence-corrected chi connectivity index (χ3v) is 7.74. The Kier molecular flexibility index (Phi) is 1.02. The maximum absolute atomic E-state index is 6.28. The van der Waals surface area contributed by atoms with Crippen LogP contribution in [0.5, 0.6) is 0 Å². The molecule has 1 spiro atoms. The van der Waals surface area contributed by atoms with Crippen molar-refractivity contribution in [1.82, 2.24) is 0 Å². The van der Waals surface area contributed by atoms with Gasteiger partial charge in [0.05, 0.1) is 11.7 Å². The van der Waals surface area contributed by atoms with Crippen molar-refractivity contribution < 1.29 is 4.74 Å². The molecule has 6 rings (SSSR count). The van der Waals surface area contributed by atoms with Crippen LogP contribution in [0.1, 0.15) is 47.0 Å². The number of rotatable bonds is 0. The molecule has 6 bridgehead atoms. The maximum atomic E-state index is 6.28. The molecule has 1 heterocycles. The van der Waals surface area contributed by atoms with Gasteiger partial charge in [-0.05, 0) is 48.9 Å². The van der Waals surface area contributed by atoms with Gasteiger partial charge in [0.1, 0.15) is 0 Å². The average Bonchev–Trinajstić information content (AvgIpc) is 2.72. The zero-order valence-electron chi connectivity index (χ0n) is 10.8. The zero-order valence-corrected chi connectivity index (χ0v) is 10.8. The van der Waals surface area contributed by atoms with E-state index in [1.807, 2.05) is 0 Å². The number of hydrogen-bond acceptors (Lipinski definition) is 1. The second kappa shape index (κ2) is 1.83. The summed E-state index contributed by atoms with van der Waals surface area (Å²) in [5, 5.41) is 0.